The molecule has 15 heavy (non-hydrogen) atoms. The van der Waals surface area contributed by atoms with Crippen LogP contribution in [0.3, 0.4) is 0 Å². The van der Waals surface area contributed by atoms with E-state index in [1.165, 1.54) is 0 Å². The molecule has 0 saturated carbocycles. The molecule has 8 nitrogen and oxygen atoms in total. The van der Waals surface area contributed by atoms with Crippen LogP contribution in [0.2, 0.25) is 0 Å². The third kappa shape index (κ3) is 472. The Balaban J connectivity index is -0.0000000542. The Kier molecular flexibility index (Phi) is 35.4. The van der Waals surface area contributed by atoms with Crippen molar-refractivity contribution in [1.82, 2.24) is 5.43 Å². The van der Waals surface area contributed by atoms with Crippen LogP contribution in [0.25, 0.3) is 0 Å². The van der Waals surface area contributed by atoms with Crippen molar-refractivity contribution in [3.05, 3.63) is 0 Å². The minimum Gasteiger partial charge on any atom is -0.481 e. The van der Waals surface area contributed by atoms with Gasteiger partial charge in [0.1, 0.15) is 0 Å². The molecule has 0 aliphatic heterocycles. The molecule has 0 heterocycles. The summed E-state index contributed by atoms with van der Waals surface area (Å²) in [6.07, 6.45) is 0. The quantitative estimate of drug-likeness (QED) is 0.270. The SMILES string of the molecule is CC(=O)O.CC(=O)O.CC(=O)O.CNN. The molecule has 0 unspecified atom stereocenters. The summed E-state index contributed by atoms with van der Waals surface area (Å²) in [5.41, 5.74) is 2.25. The minimum absolute atomic E-state index is 0.833. The molecular weight excluding hydrogens is 208 g/mol. The molecule has 6 N–H and O–H groups in total. The lowest BCUT2D eigenvalue weighted by Crippen LogP contribution is -2.13. The number of rotatable bonds is 0. The number of carboxylic acids is 3. The first-order valence-corrected chi connectivity index (χ1v) is 3.57. The van der Waals surface area contributed by atoms with Gasteiger partial charge in [0.15, 0.2) is 0 Å². The zero-order chi connectivity index (χ0) is 13.4. The maximum Gasteiger partial charge on any atom is 0.300 e. The van der Waals surface area contributed by atoms with Gasteiger partial charge in [-0.15, -0.1) is 0 Å². The molecular formula is C7H18N2O6. The van der Waals surface area contributed by atoms with Crippen LogP contribution in [-0.2, 0) is 14.4 Å². The fourth-order valence-electron chi connectivity index (χ4n) is 0. The van der Waals surface area contributed by atoms with Gasteiger partial charge in [-0.25, -0.2) is 0 Å². The molecule has 0 bridgehead atoms. The molecule has 0 amide bonds. The van der Waals surface area contributed by atoms with Crippen LogP contribution in [0.5, 0.6) is 0 Å². The monoisotopic (exact) mass is 226 g/mol. The van der Waals surface area contributed by atoms with E-state index in [2.05, 4.69) is 11.3 Å². The number of nitrogens with two attached hydrogens (primary N) is 1. The number of carboxylic acid groups (broad SMARTS) is 3. The molecule has 0 radical (unpaired) electrons. The molecule has 0 aliphatic carbocycles. The standard InChI is InChI=1S/3C2H4O2.CH6N2/c3*1-2(3)4;1-3-2/h3*1H3,(H,3,4);3H,2H2,1H3. The van der Waals surface area contributed by atoms with E-state index < -0.39 is 17.9 Å². The van der Waals surface area contributed by atoms with Gasteiger partial charge in [-0.05, 0) is 7.05 Å². The van der Waals surface area contributed by atoms with Crippen LogP contribution in [-0.4, -0.2) is 40.3 Å². The zero-order valence-electron chi connectivity index (χ0n) is 9.14. The molecule has 0 aliphatic rings. The van der Waals surface area contributed by atoms with Gasteiger partial charge in [0, 0.05) is 20.8 Å². The minimum atomic E-state index is -0.833. The summed E-state index contributed by atoms with van der Waals surface area (Å²) in [6.45, 7) is 3.25. The second-order valence-electron chi connectivity index (χ2n) is 1.85. The van der Waals surface area contributed by atoms with Crippen molar-refractivity contribution < 1.29 is 29.7 Å². The Hall–Kier alpha value is -1.67. The Morgan fingerprint density at radius 1 is 0.867 bits per heavy atom. The van der Waals surface area contributed by atoms with Crippen LogP contribution in [0, 0.1) is 0 Å². The van der Waals surface area contributed by atoms with E-state index in [9.17, 15) is 0 Å². The summed E-state index contributed by atoms with van der Waals surface area (Å²) in [4.78, 5) is 27.0. The van der Waals surface area contributed by atoms with Crippen LogP contribution in [0.1, 0.15) is 20.8 Å². The van der Waals surface area contributed by atoms with Gasteiger partial charge in [-0.3, -0.25) is 25.7 Å². The Labute approximate surface area is 87.7 Å². The summed E-state index contributed by atoms with van der Waals surface area (Å²) < 4.78 is 0. The summed E-state index contributed by atoms with van der Waals surface area (Å²) >= 11 is 0. The van der Waals surface area contributed by atoms with Gasteiger partial charge in [0.05, 0.1) is 0 Å². The van der Waals surface area contributed by atoms with Crippen LogP contribution >= 0.6 is 0 Å². The lowest BCUT2D eigenvalue weighted by molar-refractivity contribution is -0.135. The highest BCUT2D eigenvalue weighted by Crippen LogP contribution is 1.42. The van der Waals surface area contributed by atoms with E-state index in [1.54, 1.807) is 7.05 Å². The third-order valence-electron chi connectivity index (χ3n) is 0. The van der Waals surface area contributed by atoms with E-state index >= 15 is 0 Å². The molecule has 0 aromatic carbocycles. The Morgan fingerprint density at radius 2 is 0.867 bits per heavy atom. The molecule has 0 spiro atoms. The van der Waals surface area contributed by atoms with Crippen LogP contribution in [0.4, 0.5) is 0 Å². The summed E-state index contributed by atoms with van der Waals surface area (Å²) in [6, 6.07) is 0. The molecule has 0 fully saturated rings. The number of aliphatic carboxylic acids is 3. The average molecular weight is 226 g/mol. The molecule has 92 valence electrons. The largest absolute Gasteiger partial charge is 0.481 e. The second kappa shape index (κ2) is 22.8. The lowest BCUT2D eigenvalue weighted by atomic mass is 10.9. The molecule has 0 saturated heterocycles. The second-order valence-corrected chi connectivity index (χ2v) is 1.85. The topological polar surface area (TPSA) is 150 Å². The molecule has 0 aromatic rings. The predicted octanol–water partition coefficient (Wildman–Crippen LogP) is -0.648. The van der Waals surface area contributed by atoms with Crippen molar-refractivity contribution >= 4 is 17.9 Å². The maximum absolute atomic E-state index is 9.00. The van der Waals surface area contributed by atoms with Gasteiger partial charge in [0.25, 0.3) is 17.9 Å². The summed E-state index contributed by atoms with van der Waals surface area (Å²) in [5.74, 6) is 2.10. The number of carbonyl (C=O) groups is 3. The van der Waals surface area contributed by atoms with Crippen molar-refractivity contribution in [2.45, 2.75) is 20.8 Å². The van der Waals surface area contributed by atoms with Crippen molar-refractivity contribution in [2.75, 3.05) is 7.05 Å². The smallest absolute Gasteiger partial charge is 0.300 e. The van der Waals surface area contributed by atoms with Gasteiger partial charge >= 0.3 is 0 Å². The van der Waals surface area contributed by atoms with Crippen molar-refractivity contribution in [3.8, 4) is 0 Å². The number of hydrogen-bond acceptors (Lipinski definition) is 5. The number of nitrogens with one attached hydrogen (secondary N) is 1. The Bertz CT molecular complexity index is 130. The van der Waals surface area contributed by atoms with Crippen molar-refractivity contribution in [2.24, 2.45) is 5.84 Å². The fourth-order valence-corrected chi connectivity index (χ4v) is 0. The van der Waals surface area contributed by atoms with Gasteiger partial charge in [0.2, 0.25) is 0 Å². The maximum atomic E-state index is 9.00. The van der Waals surface area contributed by atoms with E-state index in [0.717, 1.165) is 20.8 Å². The van der Waals surface area contributed by atoms with Gasteiger partial charge in [-0.2, -0.15) is 0 Å². The highest BCUT2D eigenvalue weighted by molar-refractivity contribution is 5.63. The number of hydrazine groups is 1. The van der Waals surface area contributed by atoms with Crippen LogP contribution < -0.4 is 11.3 Å². The van der Waals surface area contributed by atoms with Crippen molar-refractivity contribution in [1.29, 1.82) is 0 Å². The number of hydrogen-bond donors (Lipinski definition) is 5. The highest BCUT2D eigenvalue weighted by atomic mass is 16.4. The average Bonchev–Trinajstić information content (AvgIpc) is 1.81. The summed E-state index contributed by atoms with van der Waals surface area (Å²) in [7, 11) is 1.65. The molecule has 0 rings (SSSR count). The highest BCUT2D eigenvalue weighted by Gasteiger charge is 1.66. The van der Waals surface area contributed by atoms with Gasteiger partial charge in [-0.1, -0.05) is 0 Å². The van der Waals surface area contributed by atoms with E-state index in [0.29, 0.717) is 0 Å². The van der Waals surface area contributed by atoms with Crippen molar-refractivity contribution in [3.63, 3.8) is 0 Å². The summed E-state index contributed by atoms with van der Waals surface area (Å²) in [5, 5.41) is 22.2. The fraction of sp³-hybridized carbons (Fsp3) is 0.571. The van der Waals surface area contributed by atoms with E-state index in [1.807, 2.05) is 0 Å². The first kappa shape index (κ1) is 23.3. The zero-order valence-corrected chi connectivity index (χ0v) is 9.14. The van der Waals surface area contributed by atoms with Gasteiger partial charge < -0.3 is 15.3 Å². The van der Waals surface area contributed by atoms with E-state index in [4.69, 9.17) is 29.7 Å². The lowest BCUT2D eigenvalue weighted by Gasteiger charge is -1.62. The van der Waals surface area contributed by atoms with E-state index in [-0.39, 0.29) is 0 Å². The molecule has 0 atom stereocenters. The first-order valence-electron chi connectivity index (χ1n) is 3.57. The Morgan fingerprint density at radius 3 is 0.867 bits per heavy atom. The molecule has 0 aromatic heterocycles. The third-order valence-corrected chi connectivity index (χ3v) is 0. The first-order chi connectivity index (χ1) is 6.61. The van der Waals surface area contributed by atoms with Crippen LogP contribution in [0.15, 0.2) is 0 Å². The predicted molar refractivity (Wildman–Crippen MR) is 53.2 cm³/mol. The molecule has 8 heteroatoms. The normalized spacial score (nSPS) is 6.20.